The SMILES string of the molecule is CNC(=O)c1ccc(S(=O)(=O)NCC(O)C(F)F)cc1. The number of aliphatic hydroxyl groups is 1. The first-order chi connectivity index (χ1) is 9.27. The molecule has 0 heterocycles. The van der Waals surface area contributed by atoms with Gasteiger partial charge in [-0.1, -0.05) is 0 Å². The fraction of sp³-hybridized carbons (Fsp3) is 0.364. The average Bonchev–Trinajstić information content (AvgIpc) is 2.44. The van der Waals surface area contributed by atoms with Crippen molar-refractivity contribution in [1.82, 2.24) is 10.0 Å². The van der Waals surface area contributed by atoms with Crippen LogP contribution in [-0.2, 0) is 10.0 Å². The third-order valence-electron chi connectivity index (χ3n) is 2.43. The van der Waals surface area contributed by atoms with E-state index in [1.54, 1.807) is 0 Å². The quantitative estimate of drug-likeness (QED) is 0.686. The second kappa shape index (κ2) is 6.73. The molecule has 3 N–H and O–H groups in total. The van der Waals surface area contributed by atoms with Crippen LogP contribution in [0.3, 0.4) is 0 Å². The first-order valence-corrected chi connectivity index (χ1v) is 7.04. The maximum absolute atomic E-state index is 12.1. The van der Waals surface area contributed by atoms with Gasteiger partial charge >= 0.3 is 0 Å². The molecule has 1 atom stereocenters. The van der Waals surface area contributed by atoms with E-state index in [-0.39, 0.29) is 16.4 Å². The molecule has 0 radical (unpaired) electrons. The maximum atomic E-state index is 12.1. The van der Waals surface area contributed by atoms with Gasteiger partial charge in [0.2, 0.25) is 10.0 Å². The van der Waals surface area contributed by atoms with Crippen molar-refractivity contribution in [3.05, 3.63) is 29.8 Å². The Bertz CT molecular complexity index is 560. The Labute approximate surface area is 114 Å². The van der Waals surface area contributed by atoms with Crippen molar-refractivity contribution in [3.8, 4) is 0 Å². The molecule has 0 aliphatic rings. The lowest BCUT2D eigenvalue weighted by Crippen LogP contribution is -2.35. The zero-order chi connectivity index (χ0) is 15.3. The number of hydrogen-bond donors (Lipinski definition) is 3. The van der Waals surface area contributed by atoms with Crippen molar-refractivity contribution in [2.24, 2.45) is 0 Å². The summed E-state index contributed by atoms with van der Waals surface area (Å²) in [4.78, 5) is 11.1. The number of halogens is 2. The summed E-state index contributed by atoms with van der Waals surface area (Å²) in [6.07, 6.45) is -5.11. The summed E-state index contributed by atoms with van der Waals surface area (Å²) < 4.78 is 49.5. The van der Waals surface area contributed by atoms with Crippen LogP contribution in [0.4, 0.5) is 8.78 Å². The van der Waals surface area contributed by atoms with E-state index in [4.69, 9.17) is 5.11 Å². The van der Waals surface area contributed by atoms with Crippen LogP contribution in [0.2, 0.25) is 0 Å². The molecule has 0 spiro atoms. The molecule has 0 aliphatic carbocycles. The summed E-state index contributed by atoms with van der Waals surface area (Å²) in [6.45, 7) is -0.794. The van der Waals surface area contributed by atoms with Gasteiger partial charge < -0.3 is 10.4 Å². The second-order valence-electron chi connectivity index (χ2n) is 3.86. The summed E-state index contributed by atoms with van der Waals surface area (Å²) >= 11 is 0. The molecule has 1 aromatic rings. The van der Waals surface area contributed by atoms with Crippen LogP contribution in [0, 0.1) is 0 Å². The Morgan fingerprint density at radius 2 is 1.85 bits per heavy atom. The van der Waals surface area contributed by atoms with Gasteiger partial charge in [0.1, 0.15) is 6.10 Å². The highest BCUT2D eigenvalue weighted by atomic mass is 32.2. The van der Waals surface area contributed by atoms with Crippen molar-refractivity contribution >= 4 is 15.9 Å². The predicted octanol–water partition coefficient (Wildman–Crippen LogP) is -0.0495. The molecule has 9 heteroatoms. The number of carbonyl (C=O) groups is 1. The summed E-state index contributed by atoms with van der Waals surface area (Å²) in [5.74, 6) is -0.380. The van der Waals surface area contributed by atoms with Crippen LogP contribution in [0.15, 0.2) is 29.2 Å². The zero-order valence-corrected chi connectivity index (χ0v) is 11.3. The number of aliphatic hydroxyl groups excluding tert-OH is 1. The fourth-order valence-corrected chi connectivity index (χ4v) is 2.35. The van der Waals surface area contributed by atoms with E-state index < -0.39 is 29.1 Å². The lowest BCUT2D eigenvalue weighted by molar-refractivity contribution is -0.000452. The Morgan fingerprint density at radius 3 is 2.30 bits per heavy atom. The molecule has 1 aromatic carbocycles. The van der Waals surface area contributed by atoms with Gasteiger partial charge in [-0.2, -0.15) is 0 Å². The summed E-state index contributed by atoms with van der Waals surface area (Å²) in [6, 6.07) is 4.91. The number of benzene rings is 1. The van der Waals surface area contributed by atoms with Gasteiger partial charge in [0, 0.05) is 19.2 Å². The number of amides is 1. The number of carbonyl (C=O) groups excluding carboxylic acids is 1. The van der Waals surface area contributed by atoms with Crippen LogP contribution in [-0.4, -0.2) is 45.6 Å². The number of nitrogens with one attached hydrogen (secondary N) is 2. The summed E-state index contributed by atoms with van der Waals surface area (Å²) in [5, 5.41) is 11.2. The number of sulfonamides is 1. The Kier molecular flexibility index (Phi) is 5.54. The minimum Gasteiger partial charge on any atom is -0.386 e. The van der Waals surface area contributed by atoms with E-state index in [1.807, 2.05) is 4.72 Å². The van der Waals surface area contributed by atoms with Crippen LogP contribution >= 0.6 is 0 Å². The molecule has 1 amide bonds. The molecule has 0 saturated carbocycles. The highest BCUT2D eigenvalue weighted by Crippen LogP contribution is 2.11. The molecular formula is C11H14F2N2O4S. The molecule has 6 nitrogen and oxygen atoms in total. The van der Waals surface area contributed by atoms with Gasteiger partial charge in [0.15, 0.2) is 0 Å². The van der Waals surface area contributed by atoms with E-state index >= 15 is 0 Å². The largest absolute Gasteiger partial charge is 0.386 e. The molecule has 0 aliphatic heterocycles. The molecule has 0 fully saturated rings. The third kappa shape index (κ3) is 4.22. The molecule has 0 saturated heterocycles. The van der Waals surface area contributed by atoms with Crippen molar-refractivity contribution < 1.29 is 27.1 Å². The Hall–Kier alpha value is -1.58. The van der Waals surface area contributed by atoms with Gasteiger partial charge in [-0.3, -0.25) is 4.79 Å². The van der Waals surface area contributed by atoms with Gasteiger partial charge in [0.25, 0.3) is 12.3 Å². The van der Waals surface area contributed by atoms with E-state index in [1.165, 1.54) is 31.3 Å². The zero-order valence-electron chi connectivity index (χ0n) is 10.5. The van der Waals surface area contributed by atoms with Crippen LogP contribution < -0.4 is 10.0 Å². The van der Waals surface area contributed by atoms with Crippen molar-refractivity contribution in [3.63, 3.8) is 0 Å². The Balaban J connectivity index is 2.80. The van der Waals surface area contributed by atoms with E-state index in [0.29, 0.717) is 0 Å². The Morgan fingerprint density at radius 1 is 1.30 bits per heavy atom. The minimum absolute atomic E-state index is 0.188. The molecule has 0 bridgehead atoms. The third-order valence-corrected chi connectivity index (χ3v) is 3.87. The van der Waals surface area contributed by atoms with Crippen molar-refractivity contribution in [2.75, 3.05) is 13.6 Å². The lowest BCUT2D eigenvalue weighted by atomic mass is 10.2. The molecule has 1 unspecified atom stereocenters. The highest BCUT2D eigenvalue weighted by molar-refractivity contribution is 7.89. The lowest BCUT2D eigenvalue weighted by Gasteiger charge is -2.11. The average molecular weight is 308 g/mol. The summed E-state index contributed by atoms with van der Waals surface area (Å²) in [5.41, 5.74) is 0.263. The van der Waals surface area contributed by atoms with E-state index in [0.717, 1.165) is 0 Å². The van der Waals surface area contributed by atoms with Crippen LogP contribution in [0.5, 0.6) is 0 Å². The van der Waals surface area contributed by atoms with Crippen LogP contribution in [0.1, 0.15) is 10.4 Å². The maximum Gasteiger partial charge on any atom is 0.265 e. The minimum atomic E-state index is -4.01. The topological polar surface area (TPSA) is 95.5 Å². The van der Waals surface area contributed by atoms with Crippen molar-refractivity contribution in [1.29, 1.82) is 0 Å². The molecule has 1 rings (SSSR count). The fourth-order valence-electron chi connectivity index (χ4n) is 1.30. The highest BCUT2D eigenvalue weighted by Gasteiger charge is 2.21. The van der Waals surface area contributed by atoms with Gasteiger partial charge in [-0.15, -0.1) is 0 Å². The smallest absolute Gasteiger partial charge is 0.265 e. The number of rotatable bonds is 6. The van der Waals surface area contributed by atoms with E-state index in [2.05, 4.69) is 5.32 Å². The molecule has 112 valence electrons. The monoisotopic (exact) mass is 308 g/mol. The number of hydrogen-bond acceptors (Lipinski definition) is 4. The normalized spacial score (nSPS) is 13.2. The van der Waals surface area contributed by atoms with E-state index in [9.17, 15) is 22.0 Å². The molecular weight excluding hydrogens is 294 g/mol. The first-order valence-electron chi connectivity index (χ1n) is 5.56. The van der Waals surface area contributed by atoms with Gasteiger partial charge in [-0.05, 0) is 24.3 Å². The molecule has 0 aromatic heterocycles. The first kappa shape index (κ1) is 16.5. The van der Waals surface area contributed by atoms with Gasteiger partial charge in [-0.25, -0.2) is 21.9 Å². The van der Waals surface area contributed by atoms with Crippen LogP contribution in [0.25, 0.3) is 0 Å². The van der Waals surface area contributed by atoms with Gasteiger partial charge in [0.05, 0.1) is 4.90 Å². The second-order valence-corrected chi connectivity index (χ2v) is 5.62. The van der Waals surface area contributed by atoms with Crippen molar-refractivity contribution in [2.45, 2.75) is 17.4 Å². The summed E-state index contributed by atoms with van der Waals surface area (Å²) in [7, 11) is -2.58. The predicted molar refractivity (Wildman–Crippen MR) is 67.0 cm³/mol. The molecule has 20 heavy (non-hydrogen) atoms. The standard InChI is InChI=1S/C11H14F2N2O4S/c1-14-11(17)7-2-4-8(5-3-7)20(18,19)15-6-9(16)10(12)13/h2-5,9-10,15-16H,6H2,1H3,(H,14,17). The number of alkyl halides is 2.